The molecule has 1 nitrogen and oxygen atoms in total. The Balaban J connectivity index is 1.97. The number of aliphatic hydroxyl groups excluding tert-OH is 1. The molecule has 1 aliphatic rings. The summed E-state index contributed by atoms with van der Waals surface area (Å²) >= 11 is 1.43. The summed E-state index contributed by atoms with van der Waals surface area (Å²) in [6.07, 6.45) is 2.21. The van der Waals surface area contributed by atoms with Crippen LogP contribution in [0.15, 0.2) is 35.2 Å². The van der Waals surface area contributed by atoms with Gasteiger partial charge in [0.2, 0.25) is 0 Å². The Morgan fingerprint density at radius 3 is 2.19 bits per heavy atom. The molecule has 1 fully saturated rings. The van der Waals surface area contributed by atoms with E-state index in [0.29, 0.717) is 11.8 Å². The molecule has 1 N–H and O–H groups in total. The van der Waals surface area contributed by atoms with Crippen LogP contribution in [0.4, 0.5) is 0 Å². The Bertz CT molecular complexity index is 313. The summed E-state index contributed by atoms with van der Waals surface area (Å²) < 4.78 is 0. The van der Waals surface area contributed by atoms with Gasteiger partial charge in [0.1, 0.15) is 5.25 Å². The lowest BCUT2D eigenvalue weighted by molar-refractivity contribution is 0.0356. The van der Waals surface area contributed by atoms with E-state index < -0.39 is 0 Å². The zero-order chi connectivity index (χ0) is 11.5. The molecule has 0 radical (unpaired) electrons. The van der Waals surface area contributed by atoms with Gasteiger partial charge >= 0.3 is 0 Å². The zero-order valence-electron chi connectivity index (χ0n) is 10.0. The normalized spacial score (nSPS) is 34.9. The van der Waals surface area contributed by atoms with Gasteiger partial charge in [-0.1, -0.05) is 32.0 Å². The summed E-state index contributed by atoms with van der Waals surface area (Å²) in [5.74, 6) is 0.898. The summed E-state index contributed by atoms with van der Waals surface area (Å²) in [4.78, 5) is 1.41. The molecule has 1 aromatic carbocycles. The highest BCUT2D eigenvalue weighted by molar-refractivity contribution is 7.79. The highest BCUT2D eigenvalue weighted by Crippen LogP contribution is 2.32. The maximum atomic E-state index is 9.93. The van der Waals surface area contributed by atoms with Gasteiger partial charge in [0.25, 0.3) is 0 Å². The van der Waals surface area contributed by atoms with Crippen LogP contribution in [0.3, 0.4) is 0 Å². The van der Waals surface area contributed by atoms with Crippen molar-refractivity contribution in [2.45, 2.75) is 42.9 Å². The zero-order valence-corrected chi connectivity index (χ0v) is 10.9. The summed E-state index contributed by atoms with van der Waals surface area (Å²) in [5.41, 5.74) is 0. The Morgan fingerprint density at radius 2 is 1.62 bits per heavy atom. The minimum atomic E-state index is -0.0952. The van der Waals surface area contributed by atoms with E-state index in [0.717, 1.165) is 18.1 Å². The van der Waals surface area contributed by atoms with Gasteiger partial charge < -0.3 is 5.11 Å². The Labute approximate surface area is 102 Å². The minimum Gasteiger partial charge on any atom is -0.393 e. The molecule has 88 valence electrons. The van der Waals surface area contributed by atoms with Crippen LogP contribution < -0.4 is 0 Å². The highest BCUT2D eigenvalue weighted by atomic mass is 32.2. The predicted octanol–water partition coefficient (Wildman–Crippen LogP) is 2.66. The molecule has 2 rings (SSSR count). The van der Waals surface area contributed by atoms with Crippen LogP contribution in [0.1, 0.15) is 26.7 Å². The van der Waals surface area contributed by atoms with Gasteiger partial charge in [-0.15, -0.1) is 0 Å². The molecule has 2 heteroatoms. The highest BCUT2D eigenvalue weighted by Gasteiger charge is 2.35. The molecule has 2 unspecified atom stereocenters. The number of aliphatic hydroxyl groups is 1. The Morgan fingerprint density at radius 1 is 1.06 bits per heavy atom. The Hall–Kier alpha value is -0.470. The number of thiol groups is 1. The van der Waals surface area contributed by atoms with E-state index in [-0.39, 0.29) is 6.10 Å². The van der Waals surface area contributed by atoms with E-state index in [1.54, 1.807) is 0 Å². The molecule has 1 saturated carbocycles. The number of hydrogen-bond donors (Lipinski definition) is 1. The standard InChI is InChI=1S/C14H20OS/c1-10-8-13(9-11(2)14(10)15)16-12-6-4-3-5-7-12/h3-7,10-11,13-15H,8-9H2,1-2H3/p+1. The molecule has 1 aliphatic carbocycles. The van der Waals surface area contributed by atoms with Gasteiger partial charge in [-0.3, -0.25) is 0 Å². The largest absolute Gasteiger partial charge is 0.393 e. The second-order valence-electron chi connectivity index (χ2n) is 5.04. The molecule has 16 heavy (non-hydrogen) atoms. The third kappa shape index (κ3) is 2.80. The van der Waals surface area contributed by atoms with E-state index in [1.165, 1.54) is 16.7 Å². The van der Waals surface area contributed by atoms with Crippen LogP contribution in [0.5, 0.6) is 0 Å². The van der Waals surface area contributed by atoms with Crippen molar-refractivity contribution in [3.8, 4) is 0 Å². The van der Waals surface area contributed by atoms with Crippen LogP contribution in [-0.4, -0.2) is 16.5 Å². The molecular weight excluding hydrogens is 216 g/mol. The van der Waals surface area contributed by atoms with Crippen molar-refractivity contribution in [1.29, 1.82) is 0 Å². The maximum absolute atomic E-state index is 9.93. The van der Waals surface area contributed by atoms with Crippen LogP contribution in [-0.2, 0) is 11.8 Å². The molecule has 2 atom stereocenters. The lowest BCUT2D eigenvalue weighted by atomic mass is 9.80. The van der Waals surface area contributed by atoms with Crippen molar-refractivity contribution in [1.82, 2.24) is 0 Å². The molecule has 0 spiro atoms. The van der Waals surface area contributed by atoms with Crippen molar-refractivity contribution in [2.75, 3.05) is 0 Å². The van der Waals surface area contributed by atoms with Crippen LogP contribution in [0.25, 0.3) is 0 Å². The summed E-state index contributed by atoms with van der Waals surface area (Å²) in [7, 11) is 0. The van der Waals surface area contributed by atoms with Gasteiger partial charge in [-0.25, -0.2) is 0 Å². The third-order valence-electron chi connectivity index (χ3n) is 3.54. The summed E-state index contributed by atoms with van der Waals surface area (Å²) in [6.45, 7) is 4.35. The average Bonchev–Trinajstić information content (AvgIpc) is 2.27. The van der Waals surface area contributed by atoms with E-state index in [1.807, 2.05) is 0 Å². The number of hydrogen-bond acceptors (Lipinski definition) is 1. The smallest absolute Gasteiger partial charge is 0.152 e. The van der Waals surface area contributed by atoms with Crippen molar-refractivity contribution in [3.05, 3.63) is 30.3 Å². The summed E-state index contributed by atoms with van der Waals surface area (Å²) in [6, 6.07) is 10.7. The molecule has 0 aliphatic heterocycles. The van der Waals surface area contributed by atoms with Gasteiger partial charge in [0.15, 0.2) is 4.90 Å². The van der Waals surface area contributed by atoms with Crippen LogP contribution >= 0.6 is 0 Å². The molecule has 0 heterocycles. The van der Waals surface area contributed by atoms with Crippen molar-refractivity contribution < 1.29 is 5.11 Å². The Kier molecular flexibility index (Phi) is 3.93. The second kappa shape index (κ2) is 5.24. The van der Waals surface area contributed by atoms with Crippen molar-refractivity contribution >= 4 is 11.8 Å². The fourth-order valence-corrected chi connectivity index (χ4v) is 4.27. The topological polar surface area (TPSA) is 20.2 Å². The van der Waals surface area contributed by atoms with Crippen molar-refractivity contribution in [2.24, 2.45) is 11.8 Å². The molecular formula is C14H21OS+. The first-order valence-corrected chi connectivity index (χ1v) is 7.07. The monoisotopic (exact) mass is 237 g/mol. The molecule has 1 aromatic rings. The lowest BCUT2D eigenvalue weighted by Crippen LogP contribution is -2.37. The molecule has 0 saturated heterocycles. The minimum absolute atomic E-state index is 0.0952. The SMILES string of the molecule is CC1CC([SH+]c2ccccc2)CC(C)C1O. The first-order chi connectivity index (χ1) is 7.66. The lowest BCUT2D eigenvalue weighted by Gasteiger charge is -2.32. The van der Waals surface area contributed by atoms with Gasteiger partial charge in [0, 0.05) is 24.6 Å². The van der Waals surface area contributed by atoms with E-state index in [2.05, 4.69) is 44.2 Å². The summed E-state index contributed by atoms with van der Waals surface area (Å²) in [5, 5.41) is 10.6. The molecule has 0 aromatic heterocycles. The van der Waals surface area contributed by atoms with Gasteiger partial charge in [-0.2, -0.15) is 0 Å². The van der Waals surface area contributed by atoms with E-state index in [9.17, 15) is 5.11 Å². The van der Waals surface area contributed by atoms with Crippen LogP contribution in [0, 0.1) is 11.8 Å². The quantitative estimate of drug-likeness (QED) is 0.619. The number of rotatable bonds is 2. The first-order valence-electron chi connectivity index (χ1n) is 6.11. The second-order valence-corrected chi connectivity index (χ2v) is 6.54. The fourth-order valence-electron chi connectivity index (χ4n) is 2.62. The van der Waals surface area contributed by atoms with Gasteiger partial charge in [-0.05, 0) is 24.0 Å². The van der Waals surface area contributed by atoms with Gasteiger partial charge in [0.05, 0.1) is 6.10 Å². The average molecular weight is 237 g/mol. The maximum Gasteiger partial charge on any atom is 0.152 e. The third-order valence-corrected chi connectivity index (χ3v) is 4.92. The number of benzene rings is 1. The predicted molar refractivity (Wildman–Crippen MR) is 70.8 cm³/mol. The fraction of sp³-hybridized carbons (Fsp3) is 0.571. The first kappa shape index (κ1) is 12.0. The van der Waals surface area contributed by atoms with E-state index in [4.69, 9.17) is 0 Å². The van der Waals surface area contributed by atoms with Crippen LogP contribution in [0.2, 0.25) is 0 Å². The van der Waals surface area contributed by atoms with Crippen molar-refractivity contribution in [3.63, 3.8) is 0 Å². The molecule has 0 amide bonds. The molecule has 0 bridgehead atoms. The van der Waals surface area contributed by atoms with E-state index >= 15 is 0 Å².